The van der Waals surface area contributed by atoms with E-state index in [1.165, 1.54) is 11.3 Å². The number of carbonyl (C=O) groups excluding carboxylic acids is 1. The first kappa shape index (κ1) is 11.5. The highest BCUT2D eigenvalue weighted by molar-refractivity contribution is 7.80. The number of nitrogens with zero attached hydrogens (tertiary/aromatic N) is 2. The van der Waals surface area contributed by atoms with Gasteiger partial charge in [0.2, 0.25) is 0 Å². The summed E-state index contributed by atoms with van der Waals surface area (Å²) in [5, 5.41) is 1.78. The van der Waals surface area contributed by atoms with Crippen molar-refractivity contribution in [3.8, 4) is 0 Å². The van der Waals surface area contributed by atoms with Crippen molar-refractivity contribution in [2.24, 2.45) is 5.73 Å². The van der Waals surface area contributed by atoms with Crippen molar-refractivity contribution in [3.63, 3.8) is 0 Å². The van der Waals surface area contributed by atoms with Crippen molar-refractivity contribution in [1.29, 1.82) is 0 Å². The Morgan fingerprint density at radius 2 is 2.44 bits per heavy atom. The second-order valence-electron chi connectivity index (χ2n) is 3.82. The van der Waals surface area contributed by atoms with E-state index in [0.29, 0.717) is 29.7 Å². The maximum Gasteiger partial charge on any atom is 0.273 e. The number of nitrogens with two attached hydrogens (primary N) is 1. The lowest BCUT2D eigenvalue weighted by Gasteiger charge is -2.21. The second-order valence-corrected chi connectivity index (χ2v) is 5.06. The largest absolute Gasteiger partial charge is 0.393 e. The molecule has 1 fully saturated rings. The van der Waals surface area contributed by atoms with Crippen LogP contribution in [0.2, 0.25) is 0 Å². The number of hydrogen-bond donors (Lipinski definition) is 1. The Kier molecular flexibility index (Phi) is 3.50. The molecule has 0 aromatic carbocycles. The zero-order valence-corrected chi connectivity index (χ0v) is 10.4. The van der Waals surface area contributed by atoms with Crippen LogP contribution >= 0.6 is 23.6 Å². The Morgan fingerprint density at radius 3 is 2.94 bits per heavy atom. The minimum Gasteiger partial charge on any atom is -0.393 e. The molecule has 2 N–H and O–H groups in total. The van der Waals surface area contributed by atoms with E-state index < -0.39 is 0 Å². The van der Waals surface area contributed by atoms with E-state index in [2.05, 4.69) is 4.98 Å². The van der Waals surface area contributed by atoms with Crippen molar-refractivity contribution in [3.05, 3.63) is 16.6 Å². The lowest BCUT2D eigenvalue weighted by atomic mass is 10.3. The normalized spacial score (nSPS) is 14.8. The highest BCUT2D eigenvalue weighted by atomic mass is 32.1. The number of carbonyl (C=O) groups is 1. The predicted molar refractivity (Wildman–Crippen MR) is 67.6 cm³/mol. The summed E-state index contributed by atoms with van der Waals surface area (Å²) < 4.78 is 0. The second kappa shape index (κ2) is 4.88. The summed E-state index contributed by atoms with van der Waals surface area (Å²) in [6.07, 6.45) is 2.74. The minimum atomic E-state index is 0.000000000000000444. The van der Waals surface area contributed by atoms with Crippen molar-refractivity contribution in [2.75, 3.05) is 6.54 Å². The standard InChI is InChI=1S/C10H13N3OS2/c11-9(15)3-4-13(7-1-2-7)10(14)8-5-16-6-12-8/h5-7H,1-4H2,(H2,11,15). The third kappa shape index (κ3) is 2.76. The zero-order valence-electron chi connectivity index (χ0n) is 8.76. The molecule has 0 atom stereocenters. The fraction of sp³-hybridized carbons (Fsp3) is 0.500. The van der Waals surface area contributed by atoms with Gasteiger partial charge in [0.05, 0.1) is 10.5 Å². The molecule has 1 aromatic heterocycles. The quantitative estimate of drug-likeness (QED) is 0.809. The van der Waals surface area contributed by atoms with Gasteiger partial charge in [-0.25, -0.2) is 4.98 Å². The van der Waals surface area contributed by atoms with Crippen molar-refractivity contribution in [2.45, 2.75) is 25.3 Å². The van der Waals surface area contributed by atoms with E-state index >= 15 is 0 Å². The first-order valence-electron chi connectivity index (χ1n) is 5.16. The van der Waals surface area contributed by atoms with Gasteiger partial charge in [0.15, 0.2) is 0 Å². The lowest BCUT2D eigenvalue weighted by Crippen LogP contribution is -2.35. The molecule has 86 valence electrons. The van der Waals surface area contributed by atoms with Gasteiger partial charge in [-0.15, -0.1) is 11.3 Å². The average molecular weight is 255 g/mol. The van der Waals surface area contributed by atoms with Crippen LogP contribution < -0.4 is 5.73 Å². The summed E-state index contributed by atoms with van der Waals surface area (Å²) in [5.74, 6) is 0.000000000000000444. The Hall–Kier alpha value is -1.01. The van der Waals surface area contributed by atoms with E-state index in [9.17, 15) is 4.79 Å². The fourth-order valence-corrected chi connectivity index (χ4v) is 2.15. The molecule has 0 radical (unpaired) electrons. The maximum absolute atomic E-state index is 12.1. The van der Waals surface area contributed by atoms with Crippen molar-refractivity contribution >= 4 is 34.5 Å². The van der Waals surface area contributed by atoms with Crippen LogP contribution in [0.1, 0.15) is 29.8 Å². The molecule has 1 aliphatic rings. The van der Waals surface area contributed by atoms with Gasteiger partial charge in [-0.1, -0.05) is 12.2 Å². The third-order valence-electron chi connectivity index (χ3n) is 2.50. The number of rotatable bonds is 5. The average Bonchev–Trinajstić information content (AvgIpc) is 2.93. The van der Waals surface area contributed by atoms with E-state index in [-0.39, 0.29) is 5.91 Å². The van der Waals surface area contributed by atoms with E-state index in [1.807, 2.05) is 4.90 Å². The molecule has 0 saturated heterocycles. The first-order chi connectivity index (χ1) is 7.68. The summed E-state index contributed by atoms with van der Waals surface area (Å²) in [6.45, 7) is 0.608. The molecule has 4 nitrogen and oxygen atoms in total. The minimum absolute atomic E-state index is 0.000000000000000444. The molecule has 0 bridgehead atoms. The molecule has 6 heteroatoms. The smallest absolute Gasteiger partial charge is 0.273 e. The molecule has 1 heterocycles. The predicted octanol–water partition coefficient (Wildman–Crippen LogP) is 1.42. The summed E-state index contributed by atoms with van der Waals surface area (Å²) >= 11 is 6.27. The van der Waals surface area contributed by atoms with Gasteiger partial charge >= 0.3 is 0 Å². The summed E-state index contributed by atoms with van der Waals surface area (Å²) in [4.78, 5) is 18.4. The van der Waals surface area contributed by atoms with Crippen LogP contribution in [0.4, 0.5) is 0 Å². The molecule has 16 heavy (non-hydrogen) atoms. The molecule has 1 amide bonds. The number of hydrogen-bond acceptors (Lipinski definition) is 4. The molecule has 1 aliphatic carbocycles. The van der Waals surface area contributed by atoms with Crippen LogP contribution in [-0.4, -0.2) is 33.4 Å². The highest BCUT2D eigenvalue weighted by Gasteiger charge is 2.33. The molecule has 2 rings (SSSR count). The SMILES string of the molecule is NC(=S)CCN(C(=O)c1cscn1)C1CC1. The summed E-state index contributed by atoms with van der Waals surface area (Å²) in [6, 6.07) is 0.364. The van der Waals surface area contributed by atoms with Gasteiger partial charge in [0.1, 0.15) is 5.69 Å². The van der Waals surface area contributed by atoms with Gasteiger partial charge in [-0.2, -0.15) is 0 Å². The highest BCUT2D eigenvalue weighted by Crippen LogP contribution is 2.28. The Labute approximate surface area is 103 Å². The molecule has 0 aliphatic heterocycles. The number of thiocarbonyl (C=S) groups is 1. The summed E-state index contributed by atoms with van der Waals surface area (Å²) in [7, 11) is 0. The van der Waals surface area contributed by atoms with E-state index in [1.54, 1.807) is 10.9 Å². The van der Waals surface area contributed by atoms with Gasteiger partial charge in [0.25, 0.3) is 5.91 Å². The third-order valence-corrected chi connectivity index (χ3v) is 3.29. The molecule has 1 aromatic rings. The van der Waals surface area contributed by atoms with E-state index in [0.717, 1.165) is 12.8 Å². The van der Waals surface area contributed by atoms with Gasteiger partial charge < -0.3 is 10.6 Å². The molecule has 0 spiro atoms. The number of thiazole rings is 1. The van der Waals surface area contributed by atoms with Crippen LogP contribution in [0.3, 0.4) is 0 Å². The van der Waals surface area contributed by atoms with Crippen LogP contribution in [0.15, 0.2) is 10.9 Å². The monoisotopic (exact) mass is 255 g/mol. The van der Waals surface area contributed by atoms with Crippen LogP contribution in [0, 0.1) is 0 Å². The Balaban J connectivity index is 2.01. The topological polar surface area (TPSA) is 59.2 Å². The van der Waals surface area contributed by atoms with Crippen LogP contribution in [0.5, 0.6) is 0 Å². The zero-order chi connectivity index (χ0) is 11.5. The first-order valence-corrected chi connectivity index (χ1v) is 6.51. The maximum atomic E-state index is 12.1. The molecule has 0 unspecified atom stereocenters. The van der Waals surface area contributed by atoms with Crippen molar-refractivity contribution < 1.29 is 4.79 Å². The molecular weight excluding hydrogens is 242 g/mol. The molecule has 1 saturated carbocycles. The Bertz CT molecular complexity index is 387. The van der Waals surface area contributed by atoms with Crippen LogP contribution in [0.25, 0.3) is 0 Å². The van der Waals surface area contributed by atoms with Crippen LogP contribution in [-0.2, 0) is 0 Å². The summed E-state index contributed by atoms with van der Waals surface area (Å²) in [5.41, 5.74) is 7.66. The lowest BCUT2D eigenvalue weighted by molar-refractivity contribution is 0.0743. The van der Waals surface area contributed by atoms with E-state index in [4.69, 9.17) is 18.0 Å². The van der Waals surface area contributed by atoms with Gasteiger partial charge in [-0.05, 0) is 12.8 Å². The fourth-order valence-electron chi connectivity index (χ4n) is 1.53. The van der Waals surface area contributed by atoms with Gasteiger partial charge in [-0.3, -0.25) is 4.79 Å². The van der Waals surface area contributed by atoms with Crippen molar-refractivity contribution in [1.82, 2.24) is 9.88 Å². The van der Waals surface area contributed by atoms with Gasteiger partial charge in [0, 0.05) is 24.4 Å². The molecular formula is C10H13N3OS2. The Morgan fingerprint density at radius 1 is 1.69 bits per heavy atom. The number of aromatic nitrogens is 1. The number of amides is 1.